The quantitative estimate of drug-likeness (QED) is 0.216. The Morgan fingerprint density at radius 2 is 1.61 bits per heavy atom. The zero-order valence-corrected chi connectivity index (χ0v) is 21.2. The van der Waals surface area contributed by atoms with Crippen LogP contribution in [-0.2, 0) is 14.3 Å². The van der Waals surface area contributed by atoms with E-state index in [1.165, 1.54) is 0 Å². The second kappa shape index (κ2) is 12.5. The molecule has 1 aromatic heterocycles. The van der Waals surface area contributed by atoms with Gasteiger partial charge in [0.15, 0.2) is 6.61 Å². The topological polar surface area (TPSA) is 104 Å². The standard InChI is InChI=1S/C30H28N2O6/c1-3-4-17-37-29(34)21-9-13-22(14-10-21)31-28(33)19-38-30(35)25-18-27(20-11-15-23(36-2)16-12-20)32-26-8-6-5-7-24(25)26/h5-16,18H,3-4,17,19H2,1-2H3,(H,31,33). The van der Waals surface area contributed by atoms with E-state index >= 15 is 0 Å². The SMILES string of the molecule is CCCCOC(=O)c1ccc(NC(=O)COC(=O)c2cc(-c3ccc(OC)cc3)nc3ccccc23)cc1. The molecule has 194 valence electrons. The Morgan fingerprint density at radius 3 is 2.32 bits per heavy atom. The van der Waals surface area contributed by atoms with E-state index in [0.717, 1.165) is 18.4 Å². The lowest BCUT2D eigenvalue weighted by Gasteiger charge is -2.11. The molecule has 4 aromatic rings. The van der Waals surface area contributed by atoms with Crippen LogP contribution in [0.3, 0.4) is 0 Å². The Balaban J connectivity index is 1.42. The third-order valence-electron chi connectivity index (χ3n) is 5.79. The van der Waals surface area contributed by atoms with E-state index in [1.807, 2.05) is 49.4 Å². The minimum Gasteiger partial charge on any atom is -0.497 e. The predicted molar refractivity (Wildman–Crippen MR) is 144 cm³/mol. The number of nitrogens with one attached hydrogen (secondary N) is 1. The minimum atomic E-state index is -0.640. The maximum atomic E-state index is 13.0. The maximum Gasteiger partial charge on any atom is 0.339 e. The lowest BCUT2D eigenvalue weighted by molar-refractivity contribution is -0.119. The average molecular weight is 513 g/mol. The van der Waals surface area contributed by atoms with Crippen LogP contribution in [0.1, 0.15) is 40.5 Å². The van der Waals surface area contributed by atoms with Gasteiger partial charge >= 0.3 is 11.9 Å². The number of fused-ring (bicyclic) bond motifs is 1. The number of nitrogens with zero attached hydrogens (tertiary/aromatic N) is 1. The molecular weight excluding hydrogens is 484 g/mol. The first-order chi connectivity index (χ1) is 18.5. The molecule has 38 heavy (non-hydrogen) atoms. The fourth-order valence-electron chi connectivity index (χ4n) is 3.74. The number of anilines is 1. The van der Waals surface area contributed by atoms with Crippen molar-refractivity contribution in [2.75, 3.05) is 25.6 Å². The van der Waals surface area contributed by atoms with Gasteiger partial charge in [-0.25, -0.2) is 14.6 Å². The van der Waals surface area contributed by atoms with Crippen molar-refractivity contribution in [1.29, 1.82) is 0 Å². The Kier molecular flexibility index (Phi) is 8.66. The van der Waals surface area contributed by atoms with Crippen LogP contribution >= 0.6 is 0 Å². The van der Waals surface area contributed by atoms with Gasteiger partial charge in [0.1, 0.15) is 5.75 Å². The smallest absolute Gasteiger partial charge is 0.339 e. The number of hydrogen-bond acceptors (Lipinski definition) is 7. The average Bonchev–Trinajstić information content (AvgIpc) is 2.95. The molecule has 0 saturated carbocycles. The van der Waals surface area contributed by atoms with Crippen LogP contribution in [0, 0.1) is 0 Å². The number of rotatable bonds is 10. The van der Waals surface area contributed by atoms with Crippen LogP contribution < -0.4 is 10.1 Å². The molecule has 1 amide bonds. The third kappa shape index (κ3) is 6.53. The molecule has 0 fully saturated rings. The molecule has 3 aromatic carbocycles. The van der Waals surface area contributed by atoms with Crippen LogP contribution in [0.5, 0.6) is 5.75 Å². The van der Waals surface area contributed by atoms with Crippen molar-refractivity contribution in [3.63, 3.8) is 0 Å². The fraction of sp³-hybridized carbons (Fsp3) is 0.200. The molecule has 0 saturated heterocycles. The molecule has 1 heterocycles. The number of carbonyl (C=O) groups excluding carboxylic acids is 3. The highest BCUT2D eigenvalue weighted by Crippen LogP contribution is 2.27. The number of benzene rings is 3. The summed E-state index contributed by atoms with van der Waals surface area (Å²) in [7, 11) is 1.59. The number of methoxy groups -OCH3 is 1. The van der Waals surface area contributed by atoms with Crippen molar-refractivity contribution in [2.24, 2.45) is 0 Å². The number of carbonyl (C=O) groups is 3. The first-order valence-corrected chi connectivity index (χ1v) is 12.3. The zero-order chi connectivity index (χ0) is 26.9. The van der Waals surface area contributed by atoms with Crippen LogP contribution in [0.4, 0.5) is 5.69 Å². The summed E-state index contributed by atoms with van der Waals surface area (Å²) in [5.74, 6) is -0.852. The molecule has 0 aliphatic heterocycles. The summed E-state index contributed by atoms with van der Waals surface area (Å²) in [5, 5.41) is 3.28. The van der Waals surface area contributed by atoms with E-state index in [-0.39, 0.29) is 0 Å². The first kappa shape index (κ1) is 26.3. The highest BCUT2D eigenvalue weighted by Gasteiger charge is 2.17. The van der Waals surface area contributed by atoms with E-state index < -0.39 is 24.5 Å². The summed E-state index contributed by atoms with van der Waals surface area (Å²) in [6.45, 7) is 1.91. The number of para-hydroxylation sites is 1. The monoisotopic (exact) mass is 512 g/mol. The van der Waals surface area contributed by atoms with Gasteiger partial charge in [-0.05, 0) is 67.1 Å². The highest BCUT2D eigenvalue weighted by molar-refractivity contribution is 6.05. The molecule has 0 aliphatic carbocycles. The Bertz CT molecular complexity index is 1430. The Hall–Kier alpha value is -4.72. The largest absolute Gasteiger partial charge is 0.497 e. The number of ether oxygens (including phenoxy) is 3. The molecule has 0 aliphatic rings. The molecule has 8 nitrogen and oxygen atoms in total. The van der Waals surface area contributed by atoms with E-state index in [2.05, 4.69) is 10.3 Å². The van der Waals surface area contributed by atoms with Gasteiger partial charge < -0.3 is 19.5 Å². The van der Waals surface area contributed by atoms with Crippen LogP contribution in [0.25, 0.3) is 22.2 Å². The minimum absolute atomic E-state index is 0.306. The van der Waals surface area contributed by atoms with Crippen LogP contribution in [-0.4, -0.2) is 43.2 Å². The van der Waals surface area contributed by atoms with Gasteiger partial charge in [0.25, 0.3) is 5.91 Å². The summed E-state index contributed by atoms with van der Waals surface area (Å²) in [6.07, 6.45) is 1.74. The summed E-state index contributed by atoms with van der Waals surface area (Å²) in [5.41, 5.74) is 3.19. The second-order valence-electron chi connectivity index (χ2n) is 8.49. The summed E-state index contributed by atoms with van der Waals surface area (Å²) in [6, 6.07) is 22.6. The Labute approximate surface area is 220 Å². The van der Waals surface area contributed by atoms with Gasteiger partial charge in [-0.15, -0.1) is 0 Å². The van der Waals surface area contributed by atoms with Gasteiger partial charge in [0.05, 0.1) is 36.1 Å². The Morgan fingerprint density at radius 1 is 0.868 bits per heavy atom. The summed E-state index contributed by atoms with van der Waals surface area (Å²) >= 11 is 0. The zero-order valence-electron chi connectivity index (χ0n) is 21.2. The van der Waals surface area contributed by atoms with Gasteiger partial charge in [0, 0.05) is 16.6 Å². The molecule has 4 rings (SSSR count). The number of esters is 2. The number of pyridine rings is 1. The van der Waals surface area contributed by atoms with Crippen molar-refractivity contribution in [1.82, 2.24) is 4.98 Å². The summed E-state index contributed by atoms with van der Waals surface area (Å²) in [4.78, 5) is 42.2. The van der Waals surface area contributed by atoms with E-state index in [1.54, 1.807) is 43.5 Å². The molecule has 0 spiro atoms. The van der Waals surface area contributed by atoms with Crippen molar-refractivity contribution < 1.29 is 28.6 Å². The van der Waals surface area contributed by atoms with Crippen molar-refractivity contribution in [3.05, 3.63) is 90.0 Å². The van der Waals surface area contributed by atoms with Crippen molar-refractivity contribution in [3.8, 4) is 17.0 Å². The van der Waals surface area contributed by atoms with Gasteiger partial charge in [-0.2, -0.15) is 0 Å². The molecule has 8 heteroatoms. The number of amides is 1. The second-order valence-corrected chi connectivity index (χ2v) is 8.49. The molecule has 0 radical (unpaired) electrons. The van der Waals surface area contributed by atoms with E-state index in [0.29, 0.717) is 45.8 Å². The maximum absolute atomic E-state index is 13.0. The van der Waals surface area contributed by atoms with Gasteiger partial charge in [-0.3, -0.25) is 4.79 Å². The molecule has 0 bridgehead atoms. The predicted octanol–water partition coefficient (Wildman–Crippen LogP) is 5.66. The normalized spacial score (nSPS) is 10.6. The lowest BCUT2D eigenvalue weighted by atomic mass is 10.0. The molecule has 0 atom stereocenters. The number of hydrogen-bond donors (Lipinski definition) is 1. The highest BCUT2D eigenvalue weighted by atomic mass is 16.5. The molecule has 1 N–H and O–H groups in total. The van der Waals surface area contributed by atoms with Gasteiger partial charge in [-0.1, -0.05) is 31.5 Å². The summed E-state index contributed by atoms with van der Waals surface area (Å²) < 4.78 is 15.7. The van der Waals surface area contributed by atoms with E-state index in [4.69, 9.17) is 14.2 Å². The molecular formula is C30H28N2O6. The van der Waals surface area contributed by atoms with E-state index in [9.17, 15) is 14.4 Å². The fourth-order valence-corrected chi connectivity index (χ4v) is 3.74. The number of aromatic nitrogens is 1. The van der Waals surface area contributed by atoms with Crippen molar-refractivity contribution in [2.45, 2.75) is 19.8 Å². The third-order valence-corrected chi connectivity index (χ3v) is 5.79. The first-order valence-electron chi connectivity index (χ1n) is 12.3. The lowest BCUT2D eigenvalue weighted by Crippen LogP contribution is -2.21. The van der Waals surface area contributed by atoms with Crippen molar-refractivity contribution >= 4 is 34.4 Å². The molecule has 0 unspecified atom stereocenters. The number of unbranched alkanes of at least 4 members (excludes halogenated alkanes) is 1. The van der Waals surface area contributed by atoms with Crippen LogP contribution in [0.2, 0.25) is 0 Å². The van der Waals surface area contributed by atoms with Gasteiger partial charge in [0.2, 0.25) is 0 Å². The van der Waals surface area contributed by atoms with Crippen LogP contribution in [0.15, 0.2) is 78.9 Å².